The molecule has 0 saturated carbocycles. The monoisotopic (exact) mass is 517 g/mol. The van der Waals surface area contributed by atoms with Crippen LogP contribution in [0.15, 0.2) is 56.5 Å². The van der Waals surface area contributed by atoms with Gasteiger partial charge < -0.3 is 10.1 Å². The maximum atomic E-state index is 11.2. The number of nitrogens with zero attached hydrogens (tertiary/aromatic N) is 3. The summed E-state index contributed by atoms with van der Waals surface area (Å²) in [6, 6.07) is 9.51. The fraction of sp³-hybridized carbons (Fsp3) is 0.176. The lowest BCUT2D eigenvalue weighted by molar-refractivity contribution is 0.394. The van der Waals surface area contributed by atoms with Crippen LogP contribution in [0.3, 0.4) is 0 Å². The minimum atomic E-state index is -0.205. The number of halogens is 3. The fourth-order valence-corrected chi connectivity index (χ4v) is 2.26. The molecular formula is C17H18Br2ClN5O2. The predicted molar refractivity (Wildman–Crippen MR) is 115 cm³/mol. The Labute approximate surface area is 178 Å². The molecule has 0 amide bonds. The highest BCUT2D eigenvalue weighted by molar-refractivity contribution is 9.10. The van der Waals surface area contributed by atoms with Crippen molar-refractivity contribution in [1.29, 1.82) is 0 Å². The highest BCUT2D eigenvalue weighted by Crippen LogP contribution is 2.21. The van der Waals surface area contributed by atoms with Gasteiger partial charge in [0.2, 0.25) is 17.1 Å². The molecule has 0 radical (unpaired) electrons. The standard InChI is InChI=1S/C10H8BrN3O.C5H4BrClN2O.C2H6/c11-8-6-12-10(14-9(8)15)13-7-4-2-1-3-5-7;1-10-4-3(6)2-8-5(7)9-4;1-2/h1-6H,(H2,12,13,14,15);2H,1H3;1-2H3. The molecule has 3 rings (SSSR count). The van der Waals surface area contributed by atoms with Gasteiger partial charge in [0.1, 0.15) is 4.47 Å². The Morgan fingerprint density at radius 1 is 1.07 bits per heavy atom. The second kappa shape index (κ2) is 12.4. The van der Waals surface area contributed by atoms with Crippen molar-refractivity contribution >= 4 is 55.1 Å². The molecule has 2 heterocycles. The van der Waals surface area contributed by atoms with Crippen molar-refractivity contribution < 1.29 is 4.74 Å². The van der Waals surface area contributed by atoms with E-state index >= 15 is 0 Å². The zero-order chi connectivity index (χ0) is 20.2. The van der Waals surface area contributed by atoms with Crippen molar-refractivity contribution in [2.45, 2.75) is 13.8 Å². The second-order valence-corrected chi connectivity index (χ2v) is 6.44. The summed E-state index contributed by atoms with van der Waals surface area (Å²) in [5.74, 6) is 0.870. The molecule has 7 nitrogen and oxygen atoms in total. The molecule has 10 heteroatoms. The first-order valence-electron chi connectivity index (χ1n) is 7.78. The molecule has 0 atom stereocenters. The van der Waals surface area contributed by atoms with E-state index in [1.54, 1.807) is 0 Å². The van der Waals surface area contributed by atoms with Crippen LogP contribution in [0.4, 0.5) is 11.6 Å². The van der Waals surface area contributed by atoms with Gasteiger partial charge in [0.05, 0.1) is 17.8 Å². The first kappa shape index (κ1) is 23.1. The normalized spacial score (nSPS) is 9.26. The summed E-state index contributed by atoms with van der Waals surface area (Å²) in [7, 11) is 1.52. The third-order valence-electron chi connectivity index (χ3n) is 2.67. The maximum Gasteiger partial charge on any atom is 0.266 e. The molecule has 0 spiro atoms. The van der Waals surface area contributed by atoms with Crippen LogP contribution >= 0.6 is 43.5 Å². The summed E-state index contributed by atoms with van der Waals surface area (Å²) >= 11 is 11.7. The van der Waals surface area contributed by atoms with Gasteiger partial charge in [-0.25, -0.2) is 9.97 Å². The molecule has 0 fully saturated rings. The Balaban J connectivity index is 0.000000265. The molecule has 1 aromatic carbocycles. The van der Waals surface area contributed by atoms with Crippen molar-refractivity contribution in [3.05, 3.63) is 67.3 Å². The molecule has 0 unspecified atom stereocenters. The van der Waals surface area contributed by atoms with Crippen LogP contribution in [0.5, 0.6) is 5.88 Å². The number of hydrogen-bond donors (Lipinski definition) is 2. The fourth-order valence-electron chi connectivity index (χ4n) is 1.58. The molecule has 144 valence electrons. The van der Waals surface area contributed by atoms with Gasteiger partial charge in [-0.2, -0.15) is 4.98 Å². The summed E-state index contributed by atoms with van der Waals surface area (Å²) in [4.78, 5) is 25.4. The number of nitrogens with one attached hydrogen (secondary N) is 2. The Morgan fingerprint density at radius 3 is 2.26 bits per heavy atom. The first-order chi connectivity index (χ1) is 13.0. The van der Waals surface area contributed by atoms with E-state index < -0.39 is 0 Å². The van der Waals surface area contributed by atoms with Crippen molar-refractivity contribution in [2.24, 2.45) is 0 Å². The molecule has 0 saturated heterocycles. The summed E-state index contributed by atoms with van der Waals surface area (Å²) in [6.45, 7) is 4.00. The first-order valence-corrected chi connectivity index (χ1v) is 9.75. The van der Waals surface area contributed by atoms with Gasteiger partial charge in [-0.3, -0.25) is 9.78 Å². The van der Waals surface area contributed by atoms with Gasteiger partial charge in [-0.15, -0.1) is 0 Å². The zero-order valence-corrected chi connectivity index (χ0v) is 18.8. The number of aromatic amines is 1. The molecule has 2 N–H and O–H groups in total. The zero-order valence-electron chi connectivity index (χ0n) is 14.8. The number of hydrogen-bond acceptors (Lipinski definition) is 6. The molecule has 27 heavy (non-hydrogen) atoms. The number of anilines is 2. The van der Waals surface area contributed by atoms with E-state index in [2.05, 4.69) is 57.1 Å². The molecule has 0 bridgehead atoms. The van der Waals surface area contributed by atoms with E-state index in [-0.39, 0.29) is 10.8 Å². The van der Waals surface area contributed by atoms with Gasteiger partial charge in [0.25, 0.3) is 5.56 Å². The summed E-state index contributed by atoms with van der Waals surface area (Å²) in [6.07, 6.45) is 3.00. The molecule has 0 aliphatic heterocycles. The van der Waals surface area contributed by atoms with Crippen LogP contribution in [0.2, 0.25) is 5.28 Å². The van der Waals surface area contributed by atoms with E-state index in [1.165, 1.54) is 19.5 Å². The lowest BCUT2D eigenvalue weighted by Gasteiger charge is -2.03. The number of rotatable bonds is 3. The van der Waals surface area contributed by atoms with Crippen LogP contribution in [0.1, 0.15) is 13.8 Å². The lowest BCUT2D eigenvalue weighted by Crippen LogP contribution is -2.10. The average Bonchev–Trinajstić information content (AvgIpc) is 2.69. The third kappa shape index (κ3) is 8.06. The van der Waals surface area contributed by atoms with Crippen molar-refractivity contribution in [3.8, 4) is 5.88 Å². The Morgan fingerprint density at radius 2 is 1.70 bits per heavy atom. The van der Waals surface area contributed by atoms with Gasteiger partial charge in [-0.05, 0) is 55.6 Å². The molecule has 2 aromatic heterocycles. The summed E-state index contributed by atoms with van der Waals surface area (Å²) < 4.78 is 5.95. The van der Waals surface area contributed by atoms with Gasteiger partial charge >= 0.3 is 0 Å². The van der Waals surface area contributed by atoms with E-state index in [1.807, 2.05) is 44.2 Å². The number of H-pyrrole nitrogens is 1. The number of benzene rings is 1. The van der Waals surface area contributed by atoms with Gasteiger partial charge in [-0.1, -0.05) is 32.0 Å². The van der Waals surface area contributed by atoms with E-state index in [4.69, 9.17) is 16.3 Å². The van der Waals surface area contributed by atoms with Crippen LogP contribution in [-0.4, -0.2) is 27.0 Å². The lowest BCUT2D eigenvalue weighted by atomic mass is 10.3. The Bertz CT molecular complexity index is 894. The molecular weight excluding hydrogens is 501 g/mol. The minimum Gasteiger partial charge on any atom is -0.480 e. The molecule has 0 aliphatic rings. The van der Waals surface area contributed by atoms with Gasteiger partial charge in [0.15, 0.2) is 0 Å². The van der Waals surface area contributed by atoms with E-state index in [9.17, 15) is 4.79 Å². The molecule has 0 aliphatic carbocycles. The van der Waals surface area contributed by atoms with Gasteiger partial charge in [0, 0.05) is 11.9 Å². The van der Waals surface area contributed by atoms with E-state index in [0.717, 1.165) is 5.69 Å². The minimum absolute atomic E-state index is 0.181. The van der Waals surface area contributed by atoms with E-state index in [0.29, 0.717) is 20.8 Å². The SMILES string of the molecule is CC.COc1nc(Cl)ncc1Br.O=c1[nH]c(Nc2ccccc2)ncc1Br. The third-order valence-corrected chi connectivity index (χ3v) is 3.96. The van der Waals surface area contributed by atoms with Crippen molar-refractivity contribution in [1.82, 2.24) is 19.9 Å². The van der Waals surface area contributed by atoms with Crippen LogP contribution in [0, 0.1) is 0 Å². The number of ether oxygens (including phenoxy) is 1. The topological polar surface area (TPSA) is 92.8 Å². The largest absolute Gasteiger partial charge is 0.480 e. The highest BCUT2D eigenvalue weighted by atomic mass is 79.9. The maximum absolute atomic E-state index is 11.2. The number of para-hydroxylation sites is 1. The Kier molecular flexibility index (Phi) is 10.6. The highest BCUT2D eigenvalue weighted by Gasteiger charge is 2.01. The summed E-state index contributed by atoms with van der Waals surface area (Å²) in [5.41, 5.74) is 0.673. The number of methoxy groups -OCH3 is 1. The van der Waals surface area contributed by atoms with Crippen LogP contribution in [-0.2, 0) is 0 Å². The van der Waals surface area contributed by atoms with Crippen molar-refractivity contribution in [2.75, 3.05) is 12.4 Å². The molecule has 3 aromatic rings. The Hall–Kier alpha value is -1.97. The quantitative estimate of drug-likeness (QED) is 0.462. The van der Waals surface area contributed by atoms with Crippen LogP contribution < -0.4 is 15.6 Å². The van der Waals surface area contributed by atoms with Crippen LogP contribution in [0.25, 0.3) is 0 Å². The smallest absolute Gasteiger partial charge is 0.266 e. The number of aromatic nitrogens is 4. The van der Waals surface area contributed by atoms with Crippen molar-refractivity contribution in [3.63, 3.8) is 0 Å². The summed E-state index contributed by atoms with van der Waals surface area (Å²) in [5, 5.41) is 3.17. The predicted octanol–water partition coefficient (Wildman–Crippen LogP) is 5.20. The average molecular weight is 520 g/mol. The second-order valence-electron chi connectivity index (χ2n) is 4.40.